The summed E-state index contributed by atoms with van der Waals surface area (Å²) in [5.74, 6) is -0.687. The van der Waals surface area contributed by atoms with Gasteiger partial charge in [0.25, 0.3) is 6.43 Å². The summed E-state index contributed by atoms with van der Waals surface area (Å²) in [6, 6.07) is 0.660. The van der Waals surface area contributed by atoms with Crippen LogP contribution in [0.25, 0.3) is 0 Å². The molecule has 0 aliphatic rings. The van der Waals surface area contributed by atoms with Crippen molar-refractivity contribution in [1.29, 1.82) is 0 Å². The molecule has 1 N–H and O–H groups in total. The molecule has 1 aromatic rings. The number of halogens is 2. The van der Waals surface area contributed by atoms with Gasteiger partial charge in [-0.2, -0.15) is 0 Å². The number of nitro groups is 1. The summed E-state index contributed by atoms with van der Waals surface area (Å²) in [6.45, 7) is 1.16. The Labute approximate surface area is 76.5 Å². The first kappa shape index (κ1) is 10.3. The fourth-order valence-corrected chi connectivity index (χ4v) is 1.04. The van der Waals surface area contributed by atoms with Crippen molar-refractivity contribution in [3.05, 3.63) is 37.7 Å². The van der Waals surface area contributed by atoms with Crippen molar-refractivity contribution >= 4 is 5.82 Å². The second-order valence-electron chi connectivity index (χ2n) is 2.62. The van der Waals surface area contributed by atoms with Gasteiger partial charge in [-0.15, -0.1) is 0 Å². The van der Waals surface area contributed by atoms with Gasteiger partial charge in [-0.1, -0.05) is 0 Å². The van der Waals surface area contributed by atoms with Gasteiger partial charge in [0, 0.05) is 11.6 Å². The normalized spacial score (nSPS) is 10.6. The highest BCUT2D eigenvalue weighted by atomic mass is 19.3. The minimum atomic E-state index is -2.89. The highest BCUT2D eigenvalue weighted by molar-refractivity contribution is 5.38. The average Bonchev–Trinajstić information content (AvgIpc) is 2.07. The quantitative estimate of drug-likeness (QED) is 0.586. The smallest absolute Gasteiger partial charge is 0.332 e. The molecule has 1 aromatic heterocycles. The van der Waals surface area contributed by atoms with Crippen molar-refractivity contribution in [2.24, 2.45) is 0 Å². The Bertz CT molecular complexity index is 427. The number of hydrogen-bond acceptors (Lipinski definition) is 3. The lowest BCUT2D eigenvalue weighted by molar-refractivity contribution is -0.390. The number of alkyl halides is 2. The number of H-pyrrole nitrogens is 1. The zero-order chi connectivity index (χ0) is 10.9. The van der Waals surface area contributed by atoms with E-state index in [0.29, 0.717) is 6.07 Å². The third-order valence-corrected chi connectivity index (χ3v) is 1.73. The lowest BCUT2D eigenvalue weighted by atomic mass is 10.1. The average molecular weight is 204 g/mol. The summed E-state index contributed by atoms with van der Waals surface area (Å²) >= 11 is 0. The van der Waals surface area contributed by atoms with Crippen molar-refractivity contribution in [2.45, 2.75) is 13.3 Å². The highest BCUT2D eigenvalue weighted by Crippen LogP contribution is 2.25. The number of pyridine rings is 1. The highest BCUT2D eigenvalue weighted by Gasteiger charge is 2.20. The third-order valence-electron chi connectivity index (χ3n) is 1.73. The Morgan fingerprint density at radius 1 is 1.57 bits per heavy atom. The molecule has 0 aliphatic heterocycles. The molecular formula is C7H6F2N2O3. The lowest BCUT2D eigenvalue weighted by Gasteiger charge is -2.03. The van der Waals surface area contributed by atoms with Gasteiger partial charge in [-0.25, -0.2) is 18.6 Å². The second-order valence-corrected chi connectivity index (χ2v) is 2.62. The summed E-state index contributed by atoms with van der Waals surface area (Å²) in [7, 11) is 0. The zero-order valence-corrected chi connectivity index (χ0v) is 7.08. The second kappa shape index (κ2) is 3.52. The van der Waals surface area contributed by atoms with Crippen LogP contribution in [0.5, 0.6) is 0 Å². The van der Waals surface area contributed by atoms with Crippen LogP contribution in [0.15, 0.2) is 10.9 Å². The SMILES string of the molecule is Cc1c(C(F)F)cc(=O)[nH]c1[N+](=O)[O-]. The van der Waals surface area contributed by atoms with E-state index in [9.17, 15) is 23.7 Å². The van der Waals surface area contributed by atoms with E-state index in [1.54, 1.807) is 0 Å². The van der Waals surface area contributed by atoms with Gasteiger partial charge in [0.2, 0.25) is 0 Å². The van der Waals surface area contributed by atoms with Gasteiger partial charge < -0.3 is 10.1 Å². The van der Waals surface area contributed by atoms with Crippen LogP contribution < -0.4 is 5.56 Å². The Morgan fingerprint density at radius 2 is 2.14 bits per heavy atom. The maximum absolute atomic E-state index is 12.3. The Morgan fingerprint density at radius 3 is 2.57 bits per heavy atom. The molecule has 0 bridgehead atoms. The third kappa shape index (κ3) is 1.76. The molecule has 76 valence electrons. The maximum Gasteiger partial charge on any atom is 0.332 e. The van der Waals surface area contributed by atoms with Crippen LogP contribution in [0.2, 0.25) is 0 Å². The van der Waals surface area contributed by atoms with E-state index in [0.717, 1.165) is 6.92 Å². The molecule has 5 nitrogen and oxygen atoms in total. The fourth-order valence-electron chi connectivity index (χ4n) is 1.04. The van der Waals surface area contributed by atoms with Gasteiger partial charge in [-0.3, -0.25) is 0 Å². The van der Waals surface area contributed by atoms with Gasteiger partial charge >= 0.3 is 11.4 Å². The van der Waals surface area contributed by atoms with Crippen LogP contribution in [0.1, 0.15) is 17.6 Å². The largest absolute Gasteiger partial charge is 0.358 e. The molecule has 0 aromatic carbocycles. The zero-order valence-electron chi connectivity index (χ0n) is 7.08. The molecule has 0 amide bonds. The van der Waals surface area contributed by atoms with Gasteiger partial charge in [0.05, 0.1) is 5.56 Å². The summed E-state index contributed by atoms with van der Waals surface area (Å²) in [5, 5.41) is 10.3. The number of rotatable bonds is 2. The molecule has 0 spiro atoms. The molecular weight excluding hydrogens is 198 g/mol. The standard InChI is InChI=1S/C7H6F2N2O3/c1-3-4(6(8)9)2-5(12)10-7(3)11(13)14/h2,6H,1H3,(H,10,12). The Balaban J connectivity index is 3.48. The van der Waals surface area contributed by atoms with Crippen LogP contribution >= 0.6 is 0 Å². The van der Waals surface area contributed by atoms with Crippen LogP contribution in [-0.2, 0) is 0 Å². The Hall–Kier alpha value is -1.79. The molecule has 1 heterocycles. The van der Waals surface area contributed by atoms with E-state index in [-0.39, 0.29) is 5.56 Å². The first-order chi connectivity index (χ1) is 6.43. The number of nitrogens with one attached hydrogen (secondary N) is 1. The number of hydrogen-bond donors (Lipinski definition) is 1. The predicted octanol–water partition coefficient (Wildman–Crippen LogP) is 1.53. The van der Waals surface area contributed by atoms with Crippen molar-refractivity contribution in [3.63, 3.8) is 0 Å². The molecule has 0 unspecified atom stereocenters. The molecule has 0 fully saturated rings. The summed E-state index contributed by atoms with van der Waals surface area (Å²) in [6.07, 6.45) is -2.89. The van der Waals surface area contributed by atoms with Gasteiger partial charge in [0.15, 0.2) is 0 Å². The van der Waals surface area contributed by atoms with Crippen LogP contribution in [-0.4, -0.2) is 9.91 Å². The van der Waals surface area contributed by atoms with Crippen LogP contribution in [0, 0.1) is 17.0 Å². The summed E-state index contributed by atoms with van der Waals surface area (Å²) in [5.41, 5.74) is -1.73. The fraction of sp³-hybridized carbons (Fsp3) is 0.286. The summed E-state index contributed by atoms with van der Waals surface area (Å²) in [4.78, 5) is 22.1. The minimum absolute atomic E-state index is 0.218. The van der Waals surface area contributed by atoms with E-state index in [1.165, 1.54) is 0 Å². The number of nitrogens with zero attached hydrogens (tertiary/aromatic N) is 1. The van der Waals surface area contributed by atoms with E-state index in [1.807, 2.05) is 4.98 Å². The monoisotopic (exact) mass is 204 g/mol. The number of aromatic nitrogens is 1. The van der Waals surface area contributed by atoms with Crippen molar-refractivity contribution in [3.8, 4) is 0 Å². The van der Waals surface area contributed by atoms with Crippen LogP contribution in [0.4, 0.5) is 14.6 Å². The van der Waals surface area contributed by atoms with E-state index in [2.05, 4.69) is 0 Å². The molecule has 0 atom stereocenters. The summed E-state index contributed by atoms with van der Waals surface area (Å²) < 4.78 is 24.6. The lowest BCUT2D eigenvalue weighted by Crippen LogP contribution is -2.12. The van der Waals surface area contributed by atoms with Crippen LogP contribution in [0.3, 0.4) is 0 Å². The van der Waals surface area contributed by atoms with Gasteiger partial charge in [-0.05, 0) is 11.8 Å². The van der Waals surface area contributed by atoms with Crippen molar-refractivity contribution in [1.82, 2.24) is 4.98 Å². The predicted molar refractivity (Wildman–Crippen MR) is 43.4 cm³/mol. The van der Waals surface area contributed by atoms with Gasteiger partial charge in [0.1, 0.15) is 0 Å². The maximum atomic E-state index is 12.3. The topological polar surface area (TPSA) is 76.0 Å². The minimum Gasteiger partial charge on any atom is -0.358 e. The van der Waals surface area contributed by atoms with Crippen molar-refractivity contribution < 1.29 is 13.7 Å². The molecule has 7 heteroatoms. The van der Waals surface area contributed by atoms with E-state index >= 15 is 0 Å². The molecule has 0 saturated carbocycles. The van der Waals surface area contributed by atoms with E-state index < -0.39 is 28.3 Å². The molecule has 14 heavy (non-hydrogen) atoms. The molecule has 1 rings (SSSR count). The van der Waals surface area contributed by atoms with E-state index in [4.69, 9.17) is 0 Å². The number of aromatic amines is 1. The first-order valence-electron chi connectivity index (χ1n) is 3.60. The molecule has 0 aliphatic carbocycles. The Kier molecular flexibility index (Phi) is 2.59. The first-order valence-corrected chi connectivity index (χ1v) is 3.60. The van der Waals surface area contributed by atoms with Crippen molar-refractivity contribution in [2.75, 3.05) is 0 Å². The molecule has 0 radical (unpaired) electrons. The molecule has 0 saturated heterocycles.